The van der Waals surface area contributed by atoms with Crippen molar-refractivity contribution >= 4 is 27.8 Å². The van der Waals surface area contributed by atoms with E-state index in [-0.39, 0.29) is 5.91 Å². The lowest BCUT2D eigenvalue weighted by atomic mass is 10.1. The molecule has 0 unspecified atom stereocenters. The number of nitriles is 1. The number of carbonyl (C=O) groups excluding carboxylic acids is 1. The van der Waals surface area contributed by atoms with Crippen molar-refractivity contribution in [3.63, 3.8) is 0 Å². The summed E-state index contributed by atoms with van der Waals surface area (Å²) in [6, 6.07) is 7.41. The second-order valence-corrected chi connectivity index (χ2v) is 4.46. The van der Waals surface area contributed by atoms with E-state index in [1.807, 2.05) is 0 Å². The highest BCUT2D eigenvalue weighted by molar-refractivity contribution is 6.02. The fourth-order valence-corrected chi connectivity index (χ4v) is 2.07. The van der Waals surface area contributed by atoms with Gasteiger partial charge in [-0.25, -0.2) is 4.98 Å². The van der Waals surface area contributed by atoms with Gasteiger partial charge in [-0.1, -0.05) is 0 Å². The minimum absolute atomic E-state index is 0.111. The van der Waals surface area contributed by atoms with Crippen LogP contribution in [0.4, 0.5) is 0 Å². The highest BCUT2D eigenvalue weighted by Gasteiger charge is 2.08. The minimum atomic E-state index is -0.111. The maximum atomic E-state index is 10.9. The Morgan fingerprint density at radius 3 is 3.10 bits per heavy atom. The Hall–Kier alpha value is -2.94. The number of imidazole rings is 1. The van der Waals surface area contributed by atoms with Gasteiger partial charge in [0.1, 0.15) is 5.82 Å². The van der Waals surface area contributed by atoms with Crippen molar-refractivity contribution in [2.45, 2.75) is 13.5 Å². The van der Waals surface area contributed by atoms with Crippen LogP contribution in [0.15, 0.2) is 24.4 Å². The molecule has 0 aliphatic heterocycles. The molecule has 0 saturated heterocycles. The molecule has 0 spiro atoms. The summed E-state index contributed by atoms with van der Waals surface area (Å²) in [5.74, 6) is 0.548. The predicted octanol–water partition coefficient (Wildman–Crippen LogP) is 1.62. The summed E-state index contributed by atoms with van der Waals surface area (Å²) in [5.41, 5.74) is 2.90. The van der Waals surface area contributed by atoms with Crippen LogP contribution < -0.4 is 5.32 Å². The predicted molar refractivity (Wildman–Crippen MR) is 73.6 cm³/mol. The highest BCUT2D eigenvalue weighted by atomic mass is 16.1. The maximum absolute atomic E-state index is 10.9. The van der Waals surface area contributed by atoms with Gasteiger partial charge in [-0.05, 0) is 18.2 Å². The molecule has 6 heteroatoms. The van der Waals surface area contributed by atoms with E-state index in [1.165, 1.54) is 6.92 Å². The molecule has 6 nitrogen and oxygen atoms in total. The van der Waals surface area contributed by atoms with Crippen LogP contribution in [0.5, 0.6) is 0 Å². The van der Waals surface area contributed by atoms with Gasteiger partial charge in [0.05, 0.1) is 40.9 Å². The van der Waals surface area contributed by atoms with Gasteiger partial charge in [0, 0.05) is 12.3 Å². The van der Waals surface area contributed by atoms with Crippen molar-refractivity contribution in [1.82, 2.24) is 20.3 Å². The Labute approximate surface area is 114 Å². The van der Waals surface area contributed by atoms with Crippen LogP contribution in [0.3, 0.4) is 0 Å². The molecule has 2 heterocycles. The Balaban J connectivity index is 2.15. The molecule has 2 N–H and O–H groups in total. The summed E-state index contributed by atoms with van der Waals surface area (Å²) in [5, 5.41) is 12.5. The SMILES string of the molecule is CC(=O)NCc1nc2c(cnc3ccc(C#N)cc32)[nH]1. The number of pyridine rings is 1. The van der Waals surface area contributed by atoms with Crippen LogP contribution in [0.1, 0.15) is 18.3 Å². The van der Waals surface area contributed by atoms with E-state index in [0.29, 0.717) is 17.9 Å². The van der Waals surface area contributed by atoms with E-state index in [1.54, 1.807) is 24.4 Å². The van der Waals surface area contributed by atoms with Gasteiger partial charge in [0.2, 0.25) is 5.91 Å². The van der Waals surface area contributed by atoms with Crippen molar-refractivity contribution in [1.29, 1.82) is 5.26 Å². The number of carbonyl (C=O) groups is 1. The van der Waals surface area contributed by atoms with Crippen molar-refractivity contribution in [3.8, 4) is 6.07 Å². The second kappa shape index (κ2) is 4.63. The van der Waals surface area contributed by atoms with Crippen LogP contribution in [0.25, 0.3) is 21.9 Å². The average molecular weight is 265 g/mol. The number of aromatic amines is 1. The normalized spacial score (nSPS) is 10.6. The van der Waals surface area contributed by atoms with Gasteiger partial charge < -0.3 is 10.3 Å². The monoisotopic (exact) mass is 265 g/mol. The van der Waals surface area contributed by atoms with Crippen LogP contribution in [0, 0.1) is 11.3 Å². The number of fused-ring (bicyclic) bond motifs is 3. The molecule has 3 rings (SSSR count). The highest BCUT2D eigenvalue weighted by Crippen LogP contribution is 2.22. The molecule has 0 bridgehead atoms. The minimum Gasteiger partial charge on any atom is -0.349 e. The lowest BCUT2D eigenvalue weighted by Gasteiger charge is -1.97. The summed E-state index contributed by atoms with van der Waals surface area (Å²) in [4.78, 5) is 22.8. The molecule has 0 atom stereocenters. The molecule has 2 aromatic heterocycles. The number of hydrogen-bond acceptors (Lipinski definition) is 4. The third-order valence-corrected chi connectivity index (χ3v) is 3.00. The zero-order chi connectivity index (χ0) is 14.1. The molecule has 0 aliphatic carbocycles. The van der Waals surface area contributed by atoms with Crippen molar-refractivity contribution in [3.05, 3.63) is 35.8 Å². The molecule has 20 heavy (non-hydrogen) atoms. The molecule has 3 aromatic rings. The van der Waals surface area contributed by atoms with E-state index in [4.69, 9.17) is 5.26 Å². The van der Waals surface area contributed by atoms with Crippen molar-refractivity contribution < 1.29 is 4.79 Å². The Bertz CT molecular complexity index is 859. The summed E-state index contributed by atoms with van der Waals surface area (Å²) in [6.45, 7) is 1.79. The Kier molecular flexibility index (Phi) is 2.80. The smallest absolute Gasteiger partial charge is 0.217 e. The van der Waals surface area contributed by atoms with E-state index in [2.05, 4.69) is 26.3 Å². The lowest BCUT2D eigenvalue weighted by Crippen LogP contribution is -2.19. The number of rotatable bonds is 2. The van der Waals surface area contributed by atoms with Gasteiger partial charge in [-0.3, -0.25) is 9.78 Å². The largest absolute Gasteiger partial charge is 0.349 e. The van der Waals surface area contributed by atoms with Crippen LogP contribution in [-0.4, -0.2) is 20.9 Å². The summed E-state index contributed by atoms with van der Waals surface area (Å²) < 4.78 is 0. The topological polar surface area (TPSA) is 94.5 Å². The number of aromatic nitrogens is 3. The molecule has 1 amide bonds. The van der Waals surface area contributed by atoms with E-state index < -0.39 is 0 Å². The molecule has 0 fully saturated rings. The zero-order valence-corrected chi connectivity index (χ0v) is 10.8. The summed E-state index contributed by atoms with van der Waals surface area (Å²) in [6.07, 6.45) is 1.70. The first-order valence-corrected chi connectivity index (χ1v) is 6.09. The summed E-state index contributed by atoms with van der Waals surface area (Å²) >= 11 is 0. The lowest BCUT2D eigenvalue weighted by molar-refractivity contribution is -0.119. The Morgan fingerprint density at radius 1 is 1.50 bits per heavy atom. The van der Waals surface area contributed by atoms with Gasteiger partial charge in [0.25, 0.3) is 0 Å². The Morgan fingerprint density at radius 2 is 2.35 bits per heavy atom. The first kappa shape index (κ1) is 12.1. The third kappa shape index (κ3) is 2.06. The number of hydrogen-bond donors (Lipinski definition) is 2. The van der Waals surface area contributed by atoms with Crippen LogP contribution in [0.2, 0.25) is 0 Å². The third-order valence-electron chi connectivity index (χ3n) is 3.00. The fourth-order valence-electron chi connectivity index (χ4n) is 2.07. The average Bonchev–Trinajstić information content (AvgIpc) is 2.88. The van der Waals surface area contributed by atoms with Gasteiger partial charge >= 0.3 is 0 Å². The van der Waals surface area contributed by atoms with Crippen molar-refractivity contribution in [2.24, 2.45) is 0 Å². The standard InChI is InChI=1S/C14H11N5O/c1-8(20)16-7-13-18-12-6-17-11-3-2-9(5-15)4-10(11)14(12)19-13/h2-4,6H,7H2,1H3,(H,16,20)(H,18,19). The molecule has 0 aliphatic rings. The first-order valence-electron chi connectivity index (χ1n) is 6.09. The fraction of sp³-hybridized carbons (Fsp3) is 0.143. The molecule has 98 valence electrons. The van der Waals surface area contributed by atoms with Crippen molar-refractivity contribution in [2.75, 3.05) is 0 Å². The van der Waals surface area contributed by atoms with Gasteiger partial charge in [-0.2, -0.15) is 5.26 Å². The summed E-state index contributed by atoms with van der Waals surface area (Å²) in [7, 11) is 0. The van der Waals surface area contributed by atoms with E-state index >= 15 is 0 Å². The molecule has 0 radical (unpaired) electrons. The zero-order valence-electron chi connectivity index (χ0n) is 10.8. The number of nitrogens with zero attached hydrogens (tertiary/aromatic N) is 3. The molecular formula is C14H11N5O. The quantitative estimate of drug-likeness (QED) is 0.736. The van der Waals surface area contributed by atoms with Gasteiger partial charge in [-0.15, -0.1) is 0 Å². The van der Waals surface area contributed by atoms with E-state index in [9.17, 15) is 4.79 Å². The molecule has 0 saturated carbocycles. The maximum Gasteiger partial charge on any atom is 0.217 e. The van der Waals surface area contributed by atoms with Crippen LogP contribution >= 0.6 is 0 Å². The van der Waals surface area contributed by atoms with Crippen LogP contribution in [-0.2, 0) is 11.3 Å². The molecular weight excluding hydrogens is 254 g/mol. The second-order valence-electron chi connectivity index (χ2n) is 4.46. The number of H-pyrrole nitrogens is 1. The number of nitrogens with one attached hydrogen (secondary N) is 2. The van der Waals surface area contributed by atoms with Gasteiger partial charge in [0.15, 0.2) is 0 Å². The molecule has 1 aromatic carbocycles. The first-order chi connectivity index (χ1) is 9.67. The number of benzene rings is 1. The number of amides is 1. The van der Waals surface area contributed by atoms with E-state index in [0.717, 1.165) is 21.9 Å².